The molecule has 6 nitrogen and oxygen atoms in total. The molecule has 0 unspecified atom stereocenters. The lowest BCUT2D eigenvalue weighted by atomic mass is 9.99. The lowest BCUT2D eigenvalue weighted by molar-refractivity contribution is -0.139. The molecule has 0 spiro atoms. The van der Waals surface area contributed by atoms with Crippen molar-refractivity contribution in [3.05, 3.63) is 48.0 Å². The molecule has 2 amide bonds. The molecular formula is C27H38N4O2. The van der Waals surface area contributed by atoms with Gasteiger partial charge in [0, 0.05) is 39.3 Å². The second kappa shape index (κ2) is 11.1. The lowest BCUT2D eigenvalue weighted by Crippen LogP contribution is -2.57. The molecule has 0 aromatic heterocycles. The largest absolute Gasteiger partial charge is 0.344 e. The number of hydrogen-bond donors (Lipinski definition) is 1. The molecule has 2 aliphatic rings. The summed E-state index contributed by atoms with van der Waals surface area (Å²) in [6, 6.07) is 13.7. The van der Waals surface area contributed by atoms with E-state index in [-0.39, 0.29) is 24.2 Å². The topological polar surface area (TPSA) is 55.9 Å². The van der Waals surface area contributed by atoms with Crippen LogP contribution in [0.15, 0.2) is 42.5 Å². The zero-order valence-electron chi connectivity index (χ0n) is 20.1. The fraction of sp³-hybridized carbons (Fsp3) is 0.556. The van der Waals surface area contributed by atoms with Gasteiger partial charge in [0.2, 0.25) is 11.8 Å². The van der Waals surface area contributed by atoms with E-state index in [0.29, 0.717) is 0 Å². The Morgan fingerprint density at radius 3 is 2.18 bits per heavy atom. The SMILES string of the molecule is CC(C)[C@H](NC(=O)Cc1cccc2ccccc12)C(=O)N1CCN(CCN2CCCC2)CC1. The van der Waals surface area contributed by atoms with Gasteiger partial charge in [0.1, 0.15) is 6.04 Å². The van der Waals surface area contributed by atoms with Crippen molar-refractivity contribution in [2.45, 2.75) is 39.2 Å². The number of piperazine rings is 1. The van der Waals surface area contributed by atoms with Crippen LogP contribution in [-0.2, 0) is 16.0 Å². The van der Waals surface area contributed by atoms with E-state index in [2.05, 4.69) is 27.2 Å². The Hall–Kier alpha value is -2.44. The van der Waals surface area contributed by atoms with E-state index in [4.69, 9.17) is 0 Å². The molecule has 6 heteroatoms. The maximum Gasteiger partial charge on any atom is 0.245 e. The van der Waals surface area contributed by atoms with Crippen molar-refractivity contribution in [3.8, 4) is 0 Å². The first-order valence-corrected chi connectivity index (χ1v) is 12.5. The maximum atomic E-state index is 13.3. The van der Waals surface area contributed by atoms with Crippen molar-refractivity contribution in [1.82, 2.24) is 20.0 Å². The molecule has 0 aliphatic carbocycles. The zero-order chi connectivity index (χ0) is 23.2. The van der Waals surface area contributed by atoms with Gasteiger partial charge in [0.15, 0.2) is 0 Å². The molecule has 178 valence electrons. The van der Waals surface area contributed by atoms with E-state index < -0.39 is 6.04 Å². The van der Waals surface area contributed by atoms with Crippen LogP contribution in [0.2, 0.25) is 0 Å². The Balaban J connectivity index is 1.30. The number of fused-ring (bicyclic) bond motifs is 1. The van der Waals surface area contributed by atoms with Crippen LogP contribution in [0, 0.1) is 5.92 Å². The highest BCUT2D eigenvalue weighted by atomic mass is 16.2. The number of nitrogens with one attached hydrogen (secondary N) is 1. The smallest absolute Gasteiger partial charge is 0.245 e. The third kappa shape index (κ3) is 6.12. The van der Waals surface area contributed by atoms with Crippen LogP contribution < -0.4 is 5.32 Å². The summed E-state index contributed by atoms with van der Waals surface area (Å²) in [5, 5.41) is 5.27. The van der Waals surface area contributed by atoms with Crippen LogP contribution >= 0.6 is 0 Å². The van der Waals surface area contributed by atoms with Crippen LogP contribution in [0.1, 0.15) is 32.3 Å². The Labute approximate surface area is 197 Å². The number of amides is 2. The molecule has 1 N–H and O–H groups in total. The van der Waals surface area contributed by atoms with Gasteiger partial charge in [-0.1, -0.05) is 56.3 Å². The van der Waals surface area contributed by atoms with Crippen molar-refractivity contribution in [1.29, 1.82) is 0 Å². The van der Waals surface area contributed by atoms with Crippen molar-refractivity contribution < 1.29 is 9.59 Å². The molecule has 0 bridgehead atoms. The molecular weight excluding hydrogens is 412 g/mol. The van der Waals surface area contributed by atoms with Crippen LogP contribution in [0.4, 0.5) is 0 Å². The van der Waals surface area contributed by atoms with E-state index in [1.54, 1.807) is 0 Å². The van der Waals surface area contributed by atoms with Crippen LogP contribution in [0.3, 0.4) is 0 Å². The summed E-state index contributed by atoms with van der Waals surface area (Å²) >= 11 is 0. The molecule has 4 rings (SSSR count). The first-order chi connectivity index (χ1) is 16.0. The van der Waals surface area contributed by atoms with Gasteiger partial charge in [-0.25, -0.2) is 0 Å². The van der Waals surface area contributed by atoms with E-state index in [9.17, 15) is 9.59 Å². The van der Waals surface area contributed by atoms with Crippen molar-refractivity contribution >= 4 is 22.6 Å². The molecule has 2 aromatic carbocycles. The summed E-state index contributed by atoms with van der Waals surface area (Å²) < 4.78 is 0. The Kier molecular flexibility index (Phi) is 7.99. The fourth-order valence-corrected chi connectivity index (χ4v) is 5.04. The zero-order valence-corrected chi connectivity index (χ0v) is 20.1. The van der Waals surface area contributed by atoms with Gasteiger partial charge in [-0.3, -0.25) is 14.5 Å². The number of likely N-dealkylation sites (tertiary alicyclic amines) is 1. The number of benzene rings is 2. The minimum Gasteiger partial charge on any atom is -0.344 e. The quantitative estimate of drug-likeness (QED) is 0.672. The predicted molar refractivity (Wildman–Crippen MR) is 133 cm³/mol. The highest BCUT2D eigenvalue weighted by Crippen LogP contribution is 2.19. The van der Waals surface area contributed by atoms with Crippen molar-refractivity contribution in [2.24, 2.45) is 5.92 Å². The van der Waals surface area contributed by atoms with E-state index in [1.165, 1.54) is 25.9 Å². The van der Waals surface area contributed by atoms with E-state index in [1.807, 2.05) is 49.1 Å². The van der Waals surface area contributed by atoms with Gasteiger partial charge >= 0.3 is 0 Å². The summed E-state index contributed by atoms with van der Waals surface area (Å²) in [6.07, 6.45) is 2.93. The number of carbonyl (C=O) groups is 2. The summed E-state index contributed by atoms with van der Waals surface area (Å²) in [4.78, 5) is 33.2. The second-order valence-corrected chi connectivity index (χ2v) is 9.82. The van der Waals surface area contributed by atoms with Gasteiger partial charge < -0.3 is 15.1 Å². The Morgan fingerprint density at radius 2 is 1.48 bits per heavy atom. The Morgan fingerprint density at radius 1 is 0.848 bits per heavy atom. The number of rotatable bonds is 8. The molecule has 2 aromatic rings. The van der Waals surface area contributed by atoms with Crippen molar-refractivity contribution in [3.63, 3.8) is 0 Å². The first kappa shape index (κ1) is 23.7. The predicted octanol–water partition coefficient (Wildman–Crippen LogP) is 2.76. The van der Waals surface area contributed by atoms with Crippen molar-refractivity contribution in [2.75, 3.05) is 52.4 Å². The molecule has 2 aliphatic heterocycles. The average molecular weight is 451 g/mol. The average Bonchev–Trinajstić information content (AvgIpc) is 3.35. The number of hydrogen-bond acceptors (Lipinski definition) is 4. The van der Waals surface area contributed by atoms with E-state index >= 15 is 0 Å². The third-order valence-electron chi connectivity index (χ3n) is 7.10. The summed E-state index contributed by atoms with van der Waals surface area (Å²) in [5.74, 6) is 0.000258. The molecule has 2 heterocycles. The monoisotopic (exact) mass is 450 g/mol. The lowest BCUT2D eigenvalue weighted by Gasteiger charge is -2.37. The summed E-state index contributed by atoms with van der Waals surface area (Å²) in [7, 11) is 0. The van der Waals surface area contributed by atoms with Gasteiger partial charge in [0.25, 0.3) is 0 Å². The van der Waals surface area contributed by atoms with Gasteiger partial charge in [-0.15, -0.1) is 0 Å². The minimum atomic E-state index is -0.483. The molecule has 2 fully saturated rings. The molecule has 0 radical (unpaired) electrons. The number of nitrogens with zero attached hydrogens (tertiary/aromatic N) is 3. The second-order valence-electron chi connectivity index (χ2n) is 9.82. The molecule has 0 saturated carbocycles. The standard InChI is InChI=1S/C27H38N4O2/c1-21(2)26(28-25(32)20-23-10-7-9-22-8-3-4-11-24(22)23)27(33)31-18-16-30(17-19-31)15-14-29-12-5-6-13-29/h3-4,7-11,21,26H,5-6,12-20H2,1-2H3,(H,28,32)/t26-/m0/s1. The fourth-order valence-electron chi connectivity index (χ4n) is 5.04. The minimum absolute atomic E-state index is 0.0437. The van der Waals surface area contributed by atoms with Crippen LogP contribution in [0.5, 0.6) is 0 Å². The molecule has 2 saturated heterocycles. The first-order valence-electron chi connectivity index (χ1n) is 12.5. The van der Waals surface area contributed by atoms with Gasteiger partial charge in [-0.05, 0) is 48.2 Å². The summed E-state index contributed by atoms with van der Waals surface area (Å²) in [6.45, 7) is 12.0. The summed E-state index contributed by atoms with van der Waals surface area (Å²) in [5.41, 5.74) is 0.993. The molecule has 1 atom stereocenters. The normalized spacial score (nSPS) is 18.7. The van der Waals surface area contributed by atoms with Gasteiger partial charge in [-0.2, -0.15) is 0 Å². The van der Waals surface area contributed by atoms with Crippen LogP contribution in [0.25, 0.3) is 10.8 Å². The van der Waals surface area contributed by atoms with E-state index in [0.717, 1.165) is 55.6 Å². The highest BCUT2D eigenvalue weighted by Gasteiger charge is 2.30. The third-order valence-corrected chi connectivity index (χ3v) is 7.10. The Bertz CT molecular complexity index is 941. The van der Waals surface area contributed by atoms with Gasteiger partial charge in [0.05, 0.1) is 6.42 Å². The maximum absolute atomic E-state index is 13.3. The highest BCUT2D eigenvalue weighted by molar-refractivity contribution is 5.92. The number of carbonyl (C=O) groups excluding carboxylic acids is 2. The molecule has 33 heavy (non-hydrogen) atoms. The van der Waals surface area contributed by atoms with Crippen LogP contribution in [-0.4, -0.2) is 84.9 Å².